The van der Waals surface area contributed by atoms with Gasteiger partial charge in [0.2, 0.25) is 5.91 Å². The van der Waals surface area contributed by atoms with Gasteiger partial charge in [-0.3, -0.25) is 9.59 Å². The molecule has 3 N–H and O–H groups in total. The van der Waals surface area contributed by atoms with E-state index < -0.39 is 35.1 Å². The molecule has 6 nitrogen and oxygen atoms in total. The molecule has 6 heteroatoms. The molecule has 1 saturated heterocycles. The largest absolute Gasteiger partial charge is 0.457 e. The smallest absolute Gasteiger partial charge is 0.303 e. The molecule has 3 aliphatic rings. The third kappa shape index (κ3) is 4.69. The fourth-order valence-corrected chi connectivity index (χ4v) is 6.90. The standard InChI is InChI=1S/C30H39NO5/c1-18-10-9-13-23-27(33)20(3)19(2)26-24(16-22-11-7-6-8-12-22)31-28(34)30(23,26)25(36-21(4)32)14-15-29(5,35)17-18/h6-9,11-15,18-19,23-27,33,35H,3,10,16-17H2,1-2,4-5H3,(H,31,34)/b13-9+,15-14+/t18-,19+,23?,24-,25+,26?,27+,29-,30+/m0/s1. The monoisotopic (exact) mass is 493 g/mol. The molecule has 9 atom stereocenters. The van der Waals surface area contributed by atoms with Crippen LogP contribution in [-0.2, 0) is 20.7 Å². The molecule has 1 aromatic carbocycles. The Kier molecular flexibility index (Phi) is 7.31. The highest BCUT2D eigenvalue weighted by molar-refractivity contribution is 5.89. The number of benzene rings is 1. The van der Waals surface area contributed by atoms with Gasteiger partial charge in [0.25, 0.3) is 0 Å². The van der Waals surface area contributed by atoms with Gasteiger partial charge in [-0.2, -0.15) is 0 Å². The molecule has 194 valence electrons. The highest BCUT2D eigenvalue weighted by Crippen LogP contribution is 2.58. The van der Waals surface area contributed by atoms with E-state index in [-0.39, 0.29) is 29.7 Å². The van der Waals surface area contributed by atoms with E-state index >= 15 is 0 Å². The van der Waals surface area contributed by atoms with Crippen molar-refractivity contribution in [3.8, 4) is 0 Å². The molecule has 4 rings (SSSR count). The van der Waals surface area contributed by atoms with E-state index in [1.165, 1.54) is 6.92 Å². The third-order valence-electron chi connectivity index (χ3n) is 8.43. The number of rotatable bonds is 3. The Morgan fingerprint density at radius 2 is 1.92 bits per heavy atom. The minimum absolute atomic E-state index is 0.170. The highest BCUT2D eigenvalue weighted by Gasteiger charge is 2.68. The maximum absolute atomic E-state index is 14.2. The van der Waals surface area contributed by atoms with E-state index in [1.54, 1.807) is 19.1 Å². The molecule has 0 bridgehead atoms. The number of hydrogen-bond donors (Lipinski definition) is 3. The molecular weight excluding hydrogens is 454 g/mol. The summed E-state index contributed by atoms with van der Waals surface area (Å²) in [5.41, 5.74) is -0.635. The van der Waals surface area contributed by atoms with Gasteiger partial charge in [-0.1, -0.05) is 69.0 Å². The van der Waals surface area contributed by atoms with Crippen molar-refractivity contribution in [3.05, 3.63) is 72.4 Å². The Hall–Kier alpha value is -2.70. The summed E-state index contributed by atoms with van der Waals surface area (Å²) in [6, 6.07) is 9.73. The molecule has 1 aromatic rings. The number of esters is 1. The Morgan fingerprint density at radius 1 is 1.22 bits per heavy atom. The number of ether oxygens (including phenoxy) is 1. The summed E-state index contributed by atoms with van der Waals surface area (Å²) in [6.07, 6.45) is 7.09. The normalized spacial score (nSPS) is 42.3. The molecule has 1 amide bonds. The van der Waals surface area contributed by atoms with Gasteiger partial charge >= 0.3 is 5.97 Å². The van der Waals surface area contributed by atoms with Gasteiger partial charge in [0.15, 0.2) is 0 Å². The Morgan fingerprint density at radius 3 is 2.58 bits per heavy atom. The third-order valence-corrected chi connectivity index (χ3v) is 8.43. The molecule has 0 aromatic heterocycles. The van der Waals surface area contributed by atoms with Gasteiger partial charge < -0.3 is 20.3 Å². The van der Waals surface area contributed by atoms with Crippen LogP contribution in [-0.4, -0.2) is 45.9 Å². The van der Waals surface area contributed by atoms with Gasteiger partial charge in [0, 0.05) is 24.8 Å². The van der Waals surface area contributed by atoms with Crippen molar-refractivity contribution in [3.63, 3.8) is 0 Å². The maximum atomic E-state index is 14.2. The van der Waals surface area contributed by atoms with Crippen molar-refractivity contribution in [1.29, 1.82) is 0 Å². The number of carbonyl (C=O) groups excluding carboxylic acids is 2. The predicted octanol–water partition coefficient (Wildman–Crippen LogP) is 3.74. The van der Waals surface area contributed by atoms with Crippen LogP contribution >= 0.6 is 0 Å². The first-order valence-electron chi connectivity index (χ1n) is 12.9. The zero-order valence-electron chi connectivity index (χ0n) is 21.7. The molecule has 2 unspecified atom stereocenters. The van der Waals surface area contributed by atoms with Crippen molar-refractivity contribution in [2.75, 3.05) is 0 Å². The summed E-state index contributed by atoms with van der Waals surface area (Å²) in [6.45, 7) is 11.3. The van der Waals surface area contributed by atoms with Crippen molar-refractivity contribution in [2.24, 2.45) is 29.1 Å². The lowest BCUT2D eigenvalue weighted by atomic mass is 9.51. The predicted molar refractivity (Wildman–Crippen MR) is 139 cm³/mol. The Balaban J connectivity index is 1.92. The first-order chi connectivity index (χ1) is 17.0. The molecule has 1 aliphatic heterocycles. The summed E-state index contributed by atoms with van der Waals surface area (Å²) >= 11 is 0. The molecule has 1 spiro atoms. The molecule has 36 heavy (non-hydrogen) atoms. The van der Waals surface area contributed by atoms with E-state index in [1.807, 2.05) is 49.4 Å². The van der Waals surface area contributed by atoms with Crippen molar-refractivity contribution in [1.82, 2.24) is 5.32 Å². The second kappa shape index (κ2) is 9.98. The topological polar surface area (TPSA) is 95.9 Å². The summed E-state index contributed by atoms with van der Waals surface area (Å²) < 4.78 is 5.89. The quantitative estimate of drug-likeness (QED) is 0.440. The first kappa shape index (κ1) is 26.4. The molecule has 0 radical (unpaired) electrons. The van der Waals surface area contributed by atoms with Crippen molar-refractivity contribution in [2.45, 2.75) is 70.8 Å². The Bertz CT molecular complexity index is 1060. The van der Waals surface area contributed by atoms with Crippen LogP contribution in [0.2, 0.25) is 0 Å². The summed E-state index contributed by atoms with van der Waals surface area (Å²) in [5, 5.41) is 25.8. The second-order valence-corrected chi connectivity index (χ2v) is 11.3. The Labute approximate surface area is 214 Å². The fourth-order valence-electron chi connectivity index (χ4n) is 6.90. The number of nitrogens with one attached hydrogen (secondary N) is 1. The summed E-state index contributed by atoms with van der Waals surface area (Å²) in [5.74, 6) is -1.75. The van der Waals surface area contributed by atoms with Gasteiger partial charge in [-0.05, 0) is 55.2 Å². The van der Waals surface area contributed by atoms with E-state index in [2.05, 4.69) is 18.8 Å². The first-order valence-corrected chi connectivity index (χ1v) is 12.9. The summed E-state index contributed by atoms with van der Waals surface area (Å²) in [7, 11) is 0. The highest BCUT2D eigenvalue weighted by atomic mass is 16.5. The lowest BCUT2D eigenvalue weighted by molar-refractivity contribution is -0.166. The van der Waals surface area contributed by atoms with Crippen LogP contribution in [0.25, 0.3) is 0 Å². The fraction of sp³-hybridized carbons (Fsp3) is 0.533. The maximum Gasteiger partial charge on any atom is 0.303 e. The number of carbonyl (C=O) groups is 2. The zero-order valence-corrected chi connectivity index (χ0v) is 21.7. The number of allylic oxidation sites excluding steroid dienone is 1. The molecular formula is C30H39NO5. The average Bonchev–Trinajstić information content (AvgIpc) is 3.08. The SMILES string of the molecule is C=C1[C@@H](C)C2[C@H](Cc3ccccc3)NC(=O)[C@@]23C(/C=C/C[C@H](C)C[C@@](C)(O)/C=C/[C@H]3OC(C)=O)[C@@H]1O. The molecule has 2 aliphatic carbocycles. The van der Waals surface area contributed by atoms with Crippen LogP contribution in [0.4, 0.5) is 0 Å². The van der Waals surface area contributed by atoms with Gasteiger partial charge in [-0.25, -0.2) is 0 Å². The number of aliphatic hydroxyl groups is 2. The van der Waals surface area contributed by atoms with Crippen LogP contribution in [0, 0.1) is 29.1 Å². The van der Waals surface area contributed by atoms with Crippen LogP contribution in [0.3, 0.4) is 0 Å². The average molecular weight is 494 g/mol. The number of hydrogen-bond acceptors (Lipinski definition) is 5. The number of amides is 1. The van der Waals surface area contributed by atoms with Crippen LogP contribution in [0.15, 0.2) is 66.8 Å². The van der Waals surface area contributed by atoms with E-state index in [4.69, 9.17) is 4.74 Å². The van der Waals surface area contributed by atoms with Crippen molar-refractivity contribution < 1.29 is 24.5 Å². The number of aliphatic hydroxyl groups excluding tert-OH is 1. The molecule has 1 saturated carbocycles. The van der Waals surface area contributed by atoms with Gasteiger partial charge in [0.1, 0.15) is 11.5 Å². The van der Waals surface area contributed by atoms with Crippen molar-refractivity contribution >= 4 is 11.9 Å². The van der Waals surface area contributed by atoms with Crippen LogP contribution < -0.4 is 5.32 Å². The van der Waals surface area contributed by atoms with E-state index in [0.717, 1.165) is 5.56 Å². The van der Waals surface area contributed by atoms with E-state index in [0.29, 0.717) is 24.8 Å². The summed E-state index contributed by atoms with van der Waals surface area (Å²) in [4.78, 5) is 26.5. The minimum atomic E-state index is -1.26. The van der Waals surface area contributed by atoms with Gasteiger partial charge in [-0.15, -0.1) is 0 Å². The zero-order chi connectivity index (χ0) is 26.3. The lowest BCUT2D eigenvalue weighted by Gasteiger charge is -2.52. The van der Waals surface area contributed by atoms with Gasteiger partial charge in [0.05, 0.1) is 11.7 Å². The van der Waals surface area contributed by atoms with E-state index in [9.17, 15) is 19.8 Å². The second-order valence-electron chi connectivity index (χ2n) is 11.3. The van der Waals surface area contributed by atoms with Crippen LogP contribution in [0.5, 0.6) is 0 Å². The minimum Gasteiger partial charge on any atom is -0.457 e. The lowest BCUT2D eigenvalue weighted by Crippen LogP contribution is -2.60. The molecule has 1 heterocycles. The molecule has 2 fully saturated rings. The van der Waals surface area contributed by atoms with Crippen LogP contribution in [0.1, 0.15) is 46.1 Å².